The van der Waals surface area contributed by atoms with E-state index in [2.05, 4.69) is 19.1 Å². The SMILES string of the molecule is [CH2-]C1CC2C=CC1C2.[Li+]. The molecule has 0 spiro atoms. The Morgan fingerprint density at radius 3 is 2.22 bits per heavy atom. The van der Waals surface area contributed by atoms with Gasteiger partial charge in [-0.1, -0.05) is 18.6 Å². The molecule has 9 heavy (non-hydrogen) atoms. The van der Waals surface area contributed by atoms with Crippen molar-refractivity contribution in [3.8, 4) is 0 Å². The molecule has 2 aliphatic carbocycles. The van der Waals surface area contributed by atoms with Gasteiger partial charge in [0.25, 0.3) is 0 Å². The first-order chi connectivity index (χ1) is 3.86. The molecular formula is C8H11Li. The second-order valence-corrected chi connectivity index (χ2v) is 3.04. The number of hydrogen-bond acceptors (Lipinski definition) is 0. The first kappa shape index (κ1) is 7.44. The van der Waals surface area contributed by atoms with E-state index in [0.717, 1.165) is 17.8 Å². The minimum absolute atomic E-state index is 0. The Morgan fingerprint density at radius 2 is 2.00 bits per heavy atom. The van der Waals surface area contributed by atoms with Crippen LogP contribution in [0.5, 0.6) is 0 Å². The van der Waals surface area contributed by atoms with E-state index in [-0.39, 0.29) is 18.9 Å². The predicted octanol–water partition coefficient (Wildman–Crippen LogP) is -0.963. The molecule has 0 N–H and O–H groups in total. The smallest absolute Gasteiger partial charge is 0.340 e. The summed E-state index contributed by atoms with van der Waals surface area (Å²) in [6.07, 6.45) is 7.44. The van der Waals surface area contributed by atoms with Crippen molar-refractivity contribution in [1.82, 2.24) is 0 Å². The molecule has 44 valence electrons. The van der Waals surface area contributed by atoms with E-state index < -0.39 is 0 Å². The molecule has 0 aliphatic heterocycles. The fourth-order valence-electron chi connectivity index (χ4n) is 1.89. The number of rotatable bonds is 0. The molecule has 1 heteroatoms. The van der Waals surface area contributed by atoms with Gasteiger partial charge in [-0.2, -0.15) is 5.92 Å². The summed E-state index contributed by atoms with van der Waals surface area (Å²) in [7, 11) is 0. The maximum absolute atomic E-state index is 4.07. The predicted molar refractivity (Wildman–Crippen MR) is 34.2 cm³/mol. The quantitative estimate of drug-likeness (QED) is 0.216. The van der Waals surface area contributed by atoms with Crippen LogP contribution in [0.3, 0.4) is 0 Å². The van der Waals surface area contributed by atoms with Crippen LogP contribution in [0.1, 0.15) is 12.8 Å². The second kappa shape index (κ2) is 2.52. The molecule has 0 amide bonds. The normalized spacial score (nSPS) is 45.2. The average Bonchev–Trinajstić information content (AvgIpc) is 2.23. The summed E-state index contributed by atoms with van der Waals surface area (Å²) in [4.78, 5) is 0. The monoisotopic (exact) mass is 114 g/mol. The number of hydrogen-bond donors (Lipinski definition) is 0. The summed E-state index contributed by atoms with van der Waals surface area (Å²) in [6, 6.07) is 0. The first-order valence-corrected chi connectivity index (χ1v) is 3.37. The van der Waals surface area contributed by atoms with Gasteiger partial charge in [0, 0.05) is 0 Å². The molecule has 2 rings (SSSR count). The van der Waals surface area contributed by atoms with Gasteiger partial charge >= 0.3 is 18.9 Å². The molecular weight excluding hydrogens is 103 g/mol. The van der Waals surface area contributed by atoms with Crippen molar-refractivity contribution in [3.05, 3.63) is 19.1 Å². The van der Waals surface area contributed by atoms with Gasteiger partial charge < -0.3 is 6.92 Å². The van der Waals surface area contributed by atoms with E-state index in [4.69, 9.17) is 0 Å². The first-order valence-electron chi connectivity index (χ1n) is 3.37. The molecule has 0 saturated heterocycles. The molecule has 2 aliphatic rings. The molecule has 0 aromatic carbocycles. The maximum Gasteiger partial charge on any atom is 1.00 e. The van der Waals surface area contributed by atoms with Crippen molar-refractivity contribution < 1.29 is 18.9 Å². The summed E-state index contributed by atoms with van der Waals surface area (Å²) in [6.45, 7) is 4.07. The Labute approximate surface area is 68.9 Å². The van der Waals surface area contributed by atoms with Gasteiger partial charge in [-0.25, -0.2) is 0 Å². The Balaban J connectivity index is 0.000000405. The van der Waals surface area contributed by atoms with Crippen molar-refractivity contribution in [3.63, 3.8) is 0 Å². The summed E-state index contributed by atoms with van der Waals surface area (Å²) in [5, 5.41) is 0. The van der Waals surface area contributed by atoms with E-state index in [1.807, 2.05) is 0 Å². The third-order valence-electron chi connectivity index (χ3n) is 2.42. The standard InChI is InChI=1S/C8H11.Li/c1-6-4-7-2-3-8(6)5-7;/h2-3,6-8H,1,4-5H2;/q-1;+1. The van der Waals surface area contributed by atoms with E-state index in [1.165, 1.54) is 12.8 Å². The fraction of sp³-hybridized carbons (Fsp3) is 0.625. The van der Waals surface area contributed by atoms with Crippen molar-refractivity contribution in [2.45, 2.75) is 12.8 Å². The Bertz CT molecular complexity index is 129. The van der Waals surface area contributed by atoms with Crippen molar-refractivity contribution in [2.24, 2.45) is 17.8 Å². The molecule has 2 bridgehead atoms. The summed E-state index contributed by atoms with van der Waals surface area (Å²) >= 11 is 0. The molecule has 1 saturated carbocycles. The Hall–Kier alpha value is 0.337. The molecule has 0 radical (unpaired) electrons. The van der Waals surface area contributed by atoms with Gasteiger partial charge in [0.05, 0.1) is 0 Å². The van der Waals surface area contributed by atoms with Gasteiger partial charge in [-0.3, -0.25) is 0 Å². The largest absolute Gasteiger partial charge is 1.00 e. The van der Waals surface area contributed by atoms with Crippen LogP contribution < -0.4 is 18.9 Å². The molecule has 3 atom stereocenters. The van der Waals surface area contributed by atoms with E-state index in [0.29, 0.717) is 0 Å². The van der Waals surface area contributed by atoms with Gasteiger partial charge in [-0.15, -0.1) is 0 Å². The zero-order chi connectivity index (χ0) is 5.56. The zero-order valence-electron chi connectivity index (χ0n) is 6.01. The molecule has 0 aromatic rings. The van der Waals surface area contributed by atoms with Crippen molar-refractivity contribution >= 4 is 0 Å². The van der Waals surface area contributed by atoms with Gasteiger partial charge in [0.2, 0.25) is 0 Å². The summed E-state index contributed by atoms with van der Waals surface area (Å²) < 4.78 is 0. The van der Waals surface area contributed by atoms with Gasteiger partial charge in [-0.05, 0) is 18.3 Å². The van der Waals surface area contributed by atoms with Crippen LogP contribution in [0.2, 0.25) is 0 Å². The van der Waals surface area contributed by atoms with Gasteiger partial charge in [0.15, 0.2) is 0 Å². The molecule has 0 aromatic heterocycles. The van der Waals surface area contributed by atoms with Gasteiger partial charge in [0.1, 0.15) is 0 Å². The van der Waals surface area contributed by atoms with Crippen LogP contribution in [0, 0.1) is 24.7 Å². The van der Waals surface area contributed by atoms with Crippen molar-refractivity contribution in [1.29, 1.82) is 0 Å². The minimum Gasteiger partial charge on any atom is -0.340 e. The van der Waals surface area contributed by atoms with Crippen LogP contribution in [0.15, 0.2) is 12.2 Å². The van der Waals surface area contributed by atoms with E-state index in [9.17, 15) is 0 Å². The van der Waals surface area contributed by atoms with Crippen LogP contribution in [-0.2, 0) is 0 Å². The van der Waals surface area contributed by atoms with E-state index >= 15 is 0 Å². The summed E-state index contributed by atoms with van der Waals surface area (Å²) in [5.74, 6) is 2.49. The summed E-state index contributed by atoms with van der Waals surface area (Å²) in [5.41, 5.74) is 0. The second-order valence-electron chi connectivity index (χ2n) is 3.04. The van der Waals surface area contributed by atoms with E-state index in [1.54, 1.807) is 0 Å². The third kappa shape index (κ3) is 1.11. The Kier molecular flexibility index (Phi) is 2.09. The van der Waals surface area contributed by atoms with Crippen LogP contribution in [0.4, 0.5) is 0 Å². The van der Waals surface area contributed by atoms with Crippen LogP contribution in [0.25, 0.3) is 0 Å². The molecule has 0 heterocycles. The molecule has 3 unspecified atom stereocenters. The van der Waals surface area contributed by atoms with Crippen molar-refractivity contribution in [2.75, 3.05) is 0 Å². The number of allylic oxidation sites excluding steroid dienone is 2. The average molecular weight is 114 g/mol. The van der Waals surface area contributed by atoms with Crippen LogP contribution >= 0.6 is 0 Å². The fourth-order valence-corrected chi connectivity index (χ4v) is 1.89. The van der Waals surface area contributed by atoms with Crippen LogP contribution in [-0.4, -0.2) is 0 Å². The minimum atomic E-state index is 0. The third-order valence-corrected chi connectivity index (χ3v) is 2.42. The molecule has 0 nitrogen and oxygen atoms in total. The Morgan fingerprint density at radius 1 is 1.22 bits per heavy atom. The number of fused-ring (bicyclic) bond motifs is 2. The topological polar surface area (TPSA) is 0 Å². The zero-order valence-corrected chi connectivity index (χ0v) is 6.01. The molecule has 1 fully saturated rings. The maximum atomic E-state index is 4.07.